The number of carbonyl (C=O) groups is 1. The van der Waals surface area contributed by atoms with Gasteiger partial charge in [0.1, 0.15) is 0 Å². The summed E-state index contributed by atoms with van der Waals surface area (Å²) < 4.78 is 0. The Balaban J connectivity index is 1.64. The van der Waals surface area contributed by atoms with E-state index in [1.165, 1.54) is 31.2 Å². The van der Waals surface area contributed by atoms with E-state index in [1.54, 1.807) is 0 Å². The van der Waals surface area contributed by atoms with Gasteiger partial charge in [-0.3, -0.25) is 4.79 Å². The van der Waals surface area contributed by atoms with E-state index in [9.17, 15) is 4.79 Å². The number of rotatable bonds is 2. The fraction of sp³-hybridized carbons (Fsp3) is 0.533. The number of benzene rings is 1. The Morgan fingerprint density at radius 2 is 1.94 bits per heavy atom. The molecule has 0 spiro atoms. The maximum absolute atomic E-state index is 12.1. The summed E-state index contributed by atoms with van der Waals surface area (Å²) in [5.74, 6) is 1.92. The lowest BCUT2D eigenvalue weighted by atomic mass is 10.0. The van der Waals surface area contributed by atoms with Crippen LogP contribution in [0.3, 0.4) is 0 Å². The number of hydrogen-bond donors (Lipinski definition) is 1. The van der Waals surface area contributed by atoms with E-state index in [1.807, 2.05) is 31.2 Å². The van der Waals surface area contributed by atoms with Crippen LogP contribution in [0.1, 0.15) is 31.2 Å². The fourth-order valence-corrected chi connectivity index (χ4v) is 3.33. The molecule has 1 aromatic rings. The van der Waals surface area contributed by atoms with Gasteiger partial charge >= 0.3 is 0 Å². The summed E-state index contributed by atoms with van der Waals surface area (Å²) >= 11 is 0. The minimum atomic E-state index is 0.243. The van der Waals surface area contributed by atoms with E-state index in [2.05, 4.69) is 5.32 Å². The van der Waals surface area contributed by atoms with E-state index in [0.717, 1.165) is 5.69 Å². The molecule has 1 amide bonds. The molecule has 0 aromatic heterocycles. The Morgan fingerprint density at radius 1 is 1.24 bits per heavy atom. The van der Waals surface area contributed by atoms with Crippen LogP contribution in [0.25, 0.3) is 0 Å². The highest BCUT2D eigenvalue weighted by Crippen LogP contribution is 2.55. The number of amides is 1. The molecule has 2 aliphatic carbocycles. The van der Waals surface area contributed by atoms with Gasteiger partial charge in [0.25, 0.3) is 0 Å². The number of anilines is 1. The van der Waals surface area contributed by atoms with E-state index in [-0.39, 0.29) is 5.91 Å². The molecule has 3 rings (SSSR count). The van der Waals surface area contributed by atoms with Crippen molar-refractivity contribution in [3.8, 4) is 0 Å². The average Bonchev–Trinajstić information content (AvgIpc) is 3.03. The lowest BCUT2D eigenvalue weighted by molar-refractivity contribution is -0.117. The van der Waals surface area contributed by atoms with Gasteiger partial charge in [-0.1, -0.05) is 25.0 Å². The monoisotopic (exact) mass is 229 g/mol. The number of hydrogen-bond acceptors (Lipinski definition) is 1. The van der Waals surface area contributed by atoms with Crippen molar-refractivity contribution in [3.05, 3.63) is 29.8 Å². The molecule has 0 aliphatic heterocycles. The maximum atomic E-state index is 12.1. The van der Waals surface area contributed by atoms with Gasteiger partial charge in [0, 0.05) is 11.6 Å². The molecule has 0 heterocycles. The van der Waals surface area contributed by atoms with Gasteiger partial charge < -0.3 is 5.32 Å². The van der Waals surface area contributed by atoms with Crippen LogP contribution in [0, 0.1) is 24.7 Å². The summed E-state index contributed by atoms with van der Waals surface area (Å²) in [6, 6.07) is 8.04. The first-order valence-electron chi connectivity index (χ1n) is 6.63. The molecular formula is C15H19NO. The molecule has 0 unspecified atom stereocenters. The first-order valence-corrected chi connectivity index (χ1v) is 6.63. The van der Waals surface area contributed by atoms with Gasteiger partial charge in [0.2, 0.25) is 5.91 Å². The zero-order valence-electron chi connectivity index (χ0n) is 10.3. The predicted molar refractivity (Wildman–Crippen MR) is 68.7 cm³/mol. The summed E-state index contributed by atoms with van der Waals surface area (Å²) in [4.78, 5) is 12.1. The van der Waals surface area contributed by atoms with Crippen LogP contribution < -0.4 is 5.32 Å². The summed E-state index contributed by atoms with van der Waals surface area (Å²) in [7, 11) is 0. The number of carbonyl (C=O) groups excluding carboxylic acids is 1. The van der Waals surface area contributed by atoms with E-state index >= 15 is 0 Å². The fourth-order valence-electron chi connectivity index (χ4n) is 3.33. The van der Waals surface area contributed by atoms with Gasteiger partial charge in [-0.2, -0.15) is 0 Å². The van der Waals surface area contributed by atoms with Crippen LogP contribution in [0.2, 0.25) is 0 Å². The highest BCUT2D eigenvalue weighted by Gasteiger charge is 2.54. The summed E-state index contributed by atoms with van der Waals surface area (Å²) in [5.41, 5.74) is 2.13. The van der Waals surface area contributed by atoms with Crippen molar-refractivity contribution in [3.63, 3.8) is 0 Å². The largest absolute Gasteiger partial charge is 0.326 e. The van der Waals surface area contributed by atoms with Gasteiger partial charge in [0.05, 0.1) is 0 Å². The maximum Gasteiger partial charge on any atom is 0.228 e. The molecule has 0 radical (unpaired) electrons. The third-order valence-corrected chi connectivity index (χ3v) is 4.24. The molecule has 2 heteroatoms. The lowest BCUT2D eigenvalue weighted by Crippen LogP contribution is -2.15. The molecule has 17 heavy (non-hydrogen) atoms. The molecule has 2 fully saturated rings. The van der Waals surface area contributed by atoms with Crippen molar-refractivity contribution in [2.45, 2.75) is 32.6 Å². The summed E-state index contributed by atoms with van der Waals surface area (Å²) in [6.07, 6.45) is 5.15. The average molecular weight is 229 g/mol. The van der Waals surface area contributed by atoms with Crippen LogP contribution in [-0.4, -0.2) is 5.91 Å². The third-order valence-electron chi connectivity index (χ3n) is 4.24. The summed E-state index contributed by atoms with van der Waals surface area (Å²) in [5, 5.41) is 3.06. The predicted octanol–water partition coefficient (Wildman–Crippen LogP) is 3.37. The highest BCUT2D eigenvalue weighted by atomic mass is 16.2. The molecule has 2 atom stereocenters. The number of aryl methyl sites for hydroxylation is 1. The van der Waals surface area contributed by atoms with Crippen LogP contribution >= 0.6 is 0 Å². The molecule has 2 saturated carbocycles. The van der Waals surface area contributed by atoms with Crippen molar-refractivity contribution in [2.24, 2.45) is 17.8 Å². The smallest absolute Gasteiger partial charge is 0.228 e. The summed E-state index contributed by atoms with van der Waals surface area (Å²) in [6.45, 7) is 2.05. The highest BCUT2D eigenvalue weighted by molar-refractivity contribution is 5.94. The Labute approximate surface area is 102 Å². The van der Waals surface area contributed by atoms with Crippen molar-refractivity contribution in [2.75, 3.05) is 5.32 Å². The first-order chi connectivity index (χ1) is 8.25. The molecule has 0 saturated heterocycles. The molecule has 0 bridgehead atoms. The van der Waals surface area contributed by atoms with Gasteiger partial charge in [-0.25, -0.2) is 0 Å². The molecule has 90 valence electrons. The van der Waals surface area contributed by atoms with Crippen LogP contribution in [-0.2, 0) is 4.79 Å². The quantitative estimate of drug-likeness (QED) is 0.827. The Hall–Kier alpha value is -1.31. The Morgan fingerprint density at radius 3 is 2.59 bits per heavy atom. The van der Waals surface area contributed by atoms with E-state index in [4.69, 9.17) is 0 Å². The van der Waals surface area contributed by atoms with Crippen LogP contribution in [0.15, 0.2) is 24.3 Å². The zero-order chi connectivity index (χ0) is 11.8. The SMILES string of the molecule is Cc1cccc(NC(=O)C2[C@@H]3CCCC[C@@H]23)c1. The topological polar surface area (TPSA) is 29.1 Å². The van der Waals surface area contributed by atoms with Crippen molar-refractivity contribution in [1.82, 2.24) is 0 Å². The second-order valence-corrected chi connectivity index (χ2v) is 5.50. The standard InChI is InChI=1S/C15H19NO/c1-10-5-4-6-11(9-10)16-15(17)14-12-7-2-3-8-13(12)14/h4-6,9,12-14H,2-3,7-8H2,1H3,(H,16,17)/t12-,13-/m1/s1. The Bertz CT molecular complexity index is 428. The van der Waals surface area contributed by atoms with Crippen molar-refractivity contribution < 1.29 is 4.79 Å². The third kappa shape index (κ3) is 2.08. The Kier molecular flexibility index (Phi) is 2.65. The second kappa shape index (κ2) is 4.17. The minimum absolute atomic E-state index is 0.243. The van der Waals surface area contributed by atoms with Crippen molar-refractivity contribution in [1.29, 1.82) is 0 Å². The second-order valence-electron chi connectivity index (χ2n) is 5.50. The van der Waals surface area contributed by atoms with E-state index in [0.29, 0.717) is 17.8 Å². The molecule has 2 aliphatic rings. The van der Waals surface area contributed by atoms with Gasteiger partial charge in [-0.05, 0) is 49.3 Å². The van der Waals surface area contributed by atoms with Crippen LogP contribution in [0.5, 0.6) is 0 Å². The van der Waals surface area contributed by atoms with Crippen molar-refractivity contribution >= 4 is 11.6 Å². The molecular weight excluding hydrogens is 210 g/mol. The normalized spacial score (nSPS) is 30.5. The number of fused-ring (bicyclic) bond motifs is 1. The first kappa shape index (κ1) is 10.8. The van der Waals surface area contributed by atoms with Crippen LogP contribution in [0.4, 0.5) is 5.69 Å². The van der Waals surface area contributed by atoms with Gasteiger partial charge in [0.15, 0.2) is 0 Å². The number of nitrogens with one attached hydrogen (secondary N) is 1. The minimum Gasteiger partial charge on any atom is -0.326 e. The molecule has 2 nitrogen and oxygen atoms in total. The molecule has 1 N–H and O–H groups in total. The zero-order valence-corrected chi connectivity index (χ0v) is 10.3. The van der Waals surface area contributed by atoms with E-state index < -0.39 is 0 Å². The van der Waals surface area contributed by atoms with Gasteiger partial charge in [-0.15, -0.1) is 0 Å². The lowest BCUT2D eigenvalue weighted by Gasteiger charge is -2.05. The molecule has 1 aromatic carbocycles.